The summed E-state index contributed by atoms with van der Waals surface area (Å²) in [6.07, 6.45) is 1.61. The van der Waals surface area contributed by atoms with Crippen molar-refractivity contribution < 1.29 is 13.9 Å². The van der Waals surface area contributed by atoms with Gasteiger partial charge < -0.3 is 9.15 Å². The van der Waals surface area contributed by atoms with Gasteiger partial charge in [-0.2, -0.15) is 5.10 Å². The van der Waals surface area contributed by atoms with E-state index in [1.807, 2.05) is 74.5 Å². The molecule has 0 radical (unpaired) electrons. The minimum atomic E-state index is -0.404. The summed E-state index contributed by atoms with van der Waals surface area (Å²) in [5, 5.41) is 7.11. The van der Waals surface area contributed by atoms with E-state index in [4.69, 9.17) is 9.15 Å². The number of rotatable bonds is 5. The number of fused-ring (bicyclic) bond motifs is 3. The fourth-order valence-electron chi connectivity index (χ4n) is 3.07. The quantitative estimate of drug-likeness (QED) is 0.390. The maximum Gasteiger partial charge on any atom is 0.307 e. The Hall–Kier alpha value is -3.60. The van der Waals surface area contributed by atoms with E-state index >= 15 is 0 Å². The lowest BCUT2D eigenvalue weighted by atomic mass is 10.1. The van der Waals surface area contributed by atoms with Crippen molar-refractivity contribution >= 4 is 33.9 Å². The van der Waals surface area contributed by atoms with Crippen molar-refractivity contribution in [3.8, 4) is 5.75 Å². The van der Waals surface area contributed by atoms with Crippen LogP contribution in [-0.4, -0.2) is 18.2 Å². The molecule has 4 aromatic rings. The summed E-state index contributed by atoms with van der Waals surface area (Å²) in [6.45, 7) is 3.92. The molecule has 1 N–H and O–H groups in total. The first kappa shape index (κ1) is 17.8. The molecule has 3 aromatic carbocycles. The largest absolute Gasteiger partial charge is 0.490 e. The van der Waals surface area contributed by atoms with Gasteiger partial charge in [-0.25, -0.2) is 5.43 Å². The average molecular weight is 372 g/mol. The van der Waals surface area contributed by atoms with Crippen LogP contribution in [0.1, 0.15) is 30.0 Å². The molecule has 1 heterocycles. The third kappa shape index (κ3) is 3.60. The summed E-state index contributed by atoms with van der Waals surface area (Å²) in [6, 6.07) is 21.1. The molecule has 1 amide bonds. The molecule has 0 saturated heterocycles. The maximum atomic E-state index is 12.5. The Morgan fingerprint density at radius 2 is 1.82 bits per heavy atom. The van der Waals surface area contributed by atoms with E-state index in [9.17, 15) is 4.79 Å². The second kappa shape index (κ2) is 7.56. The van der Waals surface area contributed by atoms with E-state index in [1.165, 1.54) is 0 Å². The molecule has 5 heteroatoms. The predicted molar refractivity (Wildman–Crippen MR) is 111 cm³/mol. The lowest BCUT2D eigenvalue weighted by molar-refractivity contribution is 0.0929. The topological polar surface area (TPSA) is 63.8 Å². The van der Waals surface area contributed by atoms with Gasteiger partial charge in [-0.1, -0.05) is 42.5 Å². The van der Waals surface area contributed by atoms with Gasteiger partial charge in [0.2, 0.25) is 0 Å². The van der Waals surface area contributed by atoms with Crippen LogP contribution in [0.2, 0.25) is 0 Å². The first-order valence-corrected chi connectivity index (χ1v) is 9.12. The SMILES string of the molecule is CC(C)Oc1ccccc1/C=N\NC(=O)c1cc2c(ccc3ccccc32)o1. The lowest BCUT2D eigenvalue weighted by Crippen LogP contribution is -2.17. The Morgan fingerprint density at radius 3 is 2.68 bits per heavy atom. The van der Waals surface area contributed by atoms with Gasteiger partial charge in [0.1, 0.15) is 11.3 Å². The fraction of sp³-hybridized carbons (Fsp3) is 0.130. The molecule has 0 aliphatic rings. The van der Waals surface area contributed by atoms with Gasteiger partial charge in [-0.15, -0.1) is 0 Å². The number of carbonyl (C=O) groups is 1. The molecule has 0 aliphatic carbocycles. The molecule has 28 heavy (non-hydrogen) atoms. The minimum absolute atomic E-state index is 0.0505. The zero-order valence-corrected chi connectivity index (χ0v) is 15.7. The highest BCUT2D eigenvalue weighted by Gasteiger charge is 2.13. The number of nitrogens with zero attached hydrogens (tertiary/aromatic N) is 1. The Morgan fingerprint density at radius 1 is 1.04 bits per heavy atom. The van der Waals surface area contributed by atoms with Crippen molar-refractivity contribution in [2.75, 3.05) is 0 Å². The van der Waals surface area contributed by atoms with Crippen LogP contribution < -0.4 is 10.2 Å². The predicted octanol–water partition coefficient (Wildman–Crippen LogP) is 5.14. The van der Waals surface area contributed by atoms with Crippen molar-refractivity contribution in [1.29, 1.82) is 0 Å². The molecular weight excluding hydrogens is 352 g/mol. The summed E-state index contributed by atoms with van der Waals surface area (Å²) in [5.41, 5.74) is 3.97. The second-order valence-electron chi connectivity index (χ2n) is 6.71. The molecule has 0 aliphatic heterocycles. The number of furan rings is 1. The van der Waals surface area contributed by atoms with E-state index in [0.717, 1.165) is 21.7 Å². The molecule has 0 unspecified atom stereocenters. The highest BCUT2D eigenvalue weighted by molar-refractivity contribution is 6.08. The number of benzene rings is 3. The number of para-hydroxylation sites is 1. The molecular formula is C23H20N2O3. The van der Waals surface area contributed by atoms with Gasteiger partial charge in [0, 0.05) is 10.9 Å². The van der Waals surface area contributed by atoms with Crippen LogP contribution in [-0.2, 0) is 0 Å². The molecule has 0 fully saturated rings. The van der Waals surface area contributed by atoms with E-state index in [0.29, 0.717) is 11.3 Å². The van der Waals surface area contributed by atoms with Crippen molar-refractivity contribution in [3.05, 3.63) is 78.1 Å². The van der Waals surface area contributed by atoms with Crippen molar-refractivity contribution in [2.24, 2.45) is 5.10 Å². The van der Waals surface area contributed by atoms with Crippen LogP contribution in [0.3, 0.4) is 0 Å². The number of ether oxygens (including phenoxy) is 1. The van der Waals surface area contributed by atoms with Crippen molar-refractivity contribution in [1.82, 2.24) is 5.43 Å². The highest BCUT2D eigenvalue weighted by atomic mass is 16.5. The van der Waals surface area contributed by atoms with E-state index in [1.54, 1.807) is 12.3 Å². The molecule has 0 spiro atoms. The Bertz CT molecular complexity index is 1170. The smallest absolute Gasteiger partial charge is 0.307 e. The van der Waals surface area contributed by atoms with Crippen LogP contribution in [0.15, 0.2) is 76.2 Å². The van der Waals surface area contributed by atoms with Crippen LogP contribution in [0, 0.1) is 0 Å². The molecule has 140 valence electrons. The van der Waals surface area contributed by atoms with E-state index < -0.39 is 5.91 Å². The van der Waals surface area contributed by atoms with Gasteiger partial charge in [-0.3, -0.25) is 4.79 Å². The van der Waals surface area contributed by atoms with E-state index in [2.05, 4.69) is 10.5 Å². The molecule has 4 rings (SSSR count). The third-order valence-electron chi connectivity index (χ3n) is 4.30. The average Bonchev–Trinajstić information content (AvgIpc) is 3.14. The number of carbonyl (C=O) groups excluding carboxylic acids is 1. The van der Waals surface area contributed by atoms with Gasteiger partial charge in [-0.05, 0) is 48.9 Å². The summed E-state index contributed by atoms with van der Waals surface area (Å²) in [7, 11) is 0. The minimum Gasteiger partial charge on any atom is -0.490 e. The second-order valence-corrected chi connectivity index (χ2v) is 6.71. The molecule has 0 bridgehead atoms. The summed E-state index contributed by atoms with van der Waals surface area (Å²) < 4.78 is 11.5. The molecule has 1 aromatic heterocycles. The standard InChI is InChI=1S/C23H20N2O3/c1-15(2)27-20-10-6-4-8-17(20)14-24-25-23(26)22-13-19-18-9-5-3-7-16(18)11-12-21(19)28-22/h3-15H,1-2H3,(H,25,26)/b24-14-. The van der Waals surface area contributed by atoms with Crippen molar-refractivity contribution in [2.45, 2.75) is 20.0 Å². The fourth-order valence-corrected chi connectivity index (χ4v) is 3.07. The summed E-state index contributed by atoms with van der Waals surface area (Å²) >= 11 is 0. The van der Waals surface area contributed by atoms with Crippen LogP contribution >= 0.6 is 0 Å². The van der Waals surface area contributed by atoms with Crippen LogP contribution in [0.5, 0.6) is 5.75 Å². The van der Waals surface area contributed by atoms with E-state index in [-0.39, 0.29) is 11.9 Å². The number of nitrogens with one attached hydrogen (secondary N) is 1. The monoisotopic (exact) mass is 372 g/mol. The van der Waals surface area contributed by atoms with Crippen LogP contribution in [0.25, 0.3) is 21.7 Å². The Labute approximate surface area is 162 Å². The summed E-state index contributed by atoms with van der Waals surface area (Å²) in [4.78, 5) is 12.5. The summed E-state index contributed by atoms with van der Waals surface area (Å²) in [5.74, 6) is 0.528. The Kier molecular flexibility index (Phi) is 4.81. The molecule has 0 atom stereocenters. The normalized spacial score (nSPS) is 11.5. The number of hydrogen-bond acceptors (Lipinski definition) is 4. The first-order valence-electron chi connectivity index (χ1n) is 9.12. The number of hydrogen-bond donors (Lipinski definition) is 1. The zero-order valence-electron chi connectivity index (χ0n) is 15.7. The van der Waals surface area contributed by atoms with Gasteiger partial charge >= 0.3 is 5.91 Å². The van der Waals surface area contributed by atoms with Crippen molar-refractivity contribution in [3.63, 3.8) is 0 Å². The molecule has 0 saturated carbocycles. The van der Waals surface area contributed by atoms with Gasteiger partial charge in [0.15, 0.2) is 5.76 Å². The van der Waals surface area contributed by atoms with Crippen LogP contribution in [0.4, 0.5) is 0 Å². The first-order chi connectivity index (χ1) is 13.6. The number of hydrazone groups is 1. The van der Waals surface area contributed by atoms with Gasteiger partial charge in [0.05, 0.1) is 12.3 Å². The Balaban J connectivity index is 1.55. The van der Waals surface area contributed by atoms with Gasteiger partial charge in [0.25, 0.3) is 0 Å². The highest BCUT2D eigenvalue weighted by Crippen LogP contribution is 2.28. The maximum absolute atomic E-state index is 12.5. The lowest BCUT2D eigenvalue weighted by Gasteiger charge is -2.11. The zero-order chi connectivity index (χ0) is 19.5. The number of amides is 1. The third-order valence-corrected chi connectivity index (χ3v) is 4.30. The molecule has 5 nitrogen and oxygen atoms in total.